The van der Waals surface area contributed by atoms with Gasteiger partial charge in [-0.1, -0.05) is 82.7 Å². The summed E-state index contributed by atoms with van der Waals surface area (Å²) in [6.07, 6.45) is 10.6. The van der Waals surface area contributed by atoms with Crippen LogP contribution in [0.2, 0.25) is 0 Å². The van der Waals surface area contributed by atoms with Crippen molar-refractivity contribution in [1.82, 2.24) is 0 Å². The Bertz CT molecular complexity index is 314. The minimum absolute atomic E-state index is 0.947. The maximum absolute atomic E-state index is 3.66. The number of aryl methyl sites for hydroxylation is 1. The summed E-state index contributed by atoms with van der Waals surface area (Å²) in [7, 11) is 0. The molecule has 0 unspecified atom stereocenters. The molecule has 1 aromatic carbocycles. The first-order valence-corrected chi connectivity index (χ1v) is 6.59. The Morgan fingerprint density at radius 1 is 1.00 bits per heavy atom. The van der Waals surface area contributed by atoms with Gasteiger partial charge in [0, 0.05) is 5.57 Å². The molecule has 0 bridgehead atoms. The fourth-order valence-electron chi connectivity index (χ4n) is 0.965. The van der Waals surface area contributed by atoms with Gasteiger partial charge in [0.1, 0.15) is 0 Å². The molecule has 0 fully saturated rings. The Balaban J connectivity index is 0. The summed E-state index contributed by atoms with van der Waals surface area (Å²) < 4.78 is 0. The van der Waals surface area contributed by atoms with Gasteiger partial charge < -0.3 is 0 Å². The third kappa shape index (κ3) is 12.3. The van der Waals surface area contributed by atoms with Gasteiger partial charge in [-0.05, 0) is 19.1 Å². The van der Waals surface area contributed by atoms with E-state index >= 15 is 0 Å². The van der Waals surface area contributed by atoms with E-state index in [9.17, 15) is 0 Å². The average Bonchev–Trinajstić information content (AvgIpc) is 2.46. The predicted octanol–water partition coefficient (Wildman–Crippen LogP) is 5.72. The maximum atomic E-state index is 3.66. The lowest BCUT2D eigenvalue weighted by molar-refractivity contribution is 1.48. The lowest BCUT2D eigenvalue weighted by atomic mass is 10.1. The molecule has 2 rings (SSSR count). The molecule has 0 spiro atoms. The fourth-order valence-corrected chi connectivity index (χ4v) is 0.965. The largest absolute Gasteiger partial charge is 0.114 e. The van der Waals surface area contributed by atoms with Crippen LogP contribution in [0, 0.1) is 19.4 Å². The van der Waals surface area contributed by atoms with E-state index in [2.05, 4.69) is 31.7 Å². The second-order valence-corrected chi connectivity index (χ2v) is 3.04. The van der Waals surface area contributed by atoms with E-state index in [0.29, 0.717) is 0 Å². The van der Waals surface area contributed by atoms with E-state index < -0.39 is 0 Å². The van der Waals surface area contributed by atoms with Crippen LogP contribution in [0.1, 0.15) is 33.3 Å². The highest BCUT2D eigenvalue weighted by atomic mass is 13.9. The molecule has 0 amide bonds. The van der Waals surface area contributed by atoms with Crippen molar-refractivity contribution in [2.45, 2.75) is 34.6 Å². The van der Waals surface area contributed by atoms with Crippen LogP contribution in [0.4, 0.5) is 0 Å². The monoisotopic (exact) mass is 242 g/mol. The summed E-state index contributed by atoms with van der Waals surface area (Å²) in [5.41, 5.74) is 2.27. The van der Waals surface area contributed by atoms with Crippen LogP contribution < -0.4 is 0 Å². The second kappa shape index (κ2) is 15.2. The van der Waals surface area contributed by atoms with E-state index in [-0.39, 0.29) is 0 Å². The van der Waals surface area contributed by atoms with Gasteiger partial charge in [-0.25, -0.2) is 0 Å². The molecule has 0 N–H and O–H groups in total. The van der Waals surface area contributed by atoms with Crippen LogP contribution >= 0.6 is 0 Å². The summed E-state index contributed by atoms with van der Waals surface area (Å²) in [4.78, 5) is 0. The molecule has 1 aliphatic rings. The van der Waals surface area contributed by atoms with Crippen molar-refractivity contribution in [3.8, 4) is 0 Å². The van der Waals surface area contributed by atoms with Crippen LogP contribution in [-0.4, -0.2) is 0 Å². The number of hydrogen-bond donors (Lipinski definition) is 0. The zero-order chi connectivity index (χ0) is 14.2. The number of allylic oxidation sites excluding steroid dienone is 5. The molecule has 1 aliphatic carbocycles. The number of hydrogen-bond acceptors (Lipinski definition) is 0. The summed E-state index contributed by atoms with van der Waals surface area (Å²) in [6, 6.07) is 10.3. The standard InChI is InChI=1S/C7H8.C7H6.2C2H6/c2*1-7-5-3-2-4-6-7;2*1-2/h2-6H,1H3;2-5H,1H2;2*1-2H3. The van der Waals surface area contributed by atoms with Gasteiger partial charge in [-0.2, -0.15) is 0 Å². The molecule has 0 atom stereocenters. The molecule has 18 heavy (non-hydrogen) atoms. The maximum Gasteiger partial charge on any atom is 0.00922 e. The number of benzene rings is 1. The Hall–Kier alpha value is -1.78. The van der Waals surface area contributed by atoms with E-state index in [1.54, 1.807) is 0 Å². The van der Waals surface area contributed by atoms with Crippen molar-refractivity contribution in [2.24, 2.45) is 0 Å². The highest BCUT2D eigenvalue weighted by molar-refractivity contribution is 5.31. The number of rotatable bonds is 0. The first-order chi connectivity index (χ1) is 8.79. The molecule has 98 valence electrons. The van der Waals surface area contributed by atoms with Crippen molar-refractivity contribution < 1.29 is 0 Å². The molecular weight excluding hydrogens is 216 g/mol. The highest BCUT2D eigenvalue weighted by Gasteiger charge is 1.83. The summed E-state index contributed by atoms with van der Waals surface area (Å²) in [5.74, 6) is 0. The van der Waals surface area contributed by atoms with Gasteiger partial charge >= 0.3 is 0 Å². The van der Waals surface area contributed by atoms with Crippen molar-refractivity contribution in [3.63, 3.8) is 0 Å². The molecule has 0 nitrogen and oxygen atoms in total. The molecular formula is C18H26. The van der Waals surface area contributed by atoms with Gasteiger partial charge in [-0.3, -0.25) is 0 Å². The second-order valence-electron chi connectivity index (χ2n) is 3.04. The third-order valence-corrected chi connectivity index (χ3v) is 1.71. The predicted molar refractivity (Wildman–Crippen MR) is 84.3 cm³/mol. The van der Waals surface area contributed by atoms with Gasteiger partial charge in [0.15, 0.2) is 0 Å². The SMILES string of the molecule is C=C1[C+]=C[CH-]C=C1.CC.CC.Cc1ccccc1. The Kier molecular flexibility index (Phi) is 15.7. The van der Waals surface area contributed by atoms with E-state index in [4.69, 9.17) is 0 Å². The minimum Gasteiger partial charge on any atom is -0.114 e. The lowest BCUT2D eigenvalue weighted by Crippen LogP contribution is -1.74. The van der Waals surface area contributed by atoms with Crippen LogP contribution in [0.15, 0.2) is 60.7 Å². The Morgan fingerprint density at radius 3 is 1.78 bits per heavy atom. The molecule has 1 aromatic rings. The zero-order valence-corrected chi connectivity index (χ0v) is 12.4. The molecule has 0 aromatic heterocycles. The topological polar surface area (TPSA) is 0 Å². The van der Waals surface area contributed by atoms with Crippen LogP contribution in [0.3, 0.4) is 0 Å². The summed E-state index contributed by atoms with van der Waals surface area (Å²) >= 11 is 0. The summed E-state index contributed by atoms with van der Waals surface area (Å²) in [6.45, 7) is 13.7. The van der Waals surface area contributed by atoms with Crippen molar-refractivity contribution in [3.05, 3.63) is 78.8 Å². The smallest absolute Gasteiger partial charge is 0.00922 e. The van der Waals surface area contributed by atoms with Crippen LogP contribution in [-0.2, 0) is 0 Å². The van der Waals surface area contributed by atoms with E-state index in [1.165, 1.54) is 5.56 Å². The van der Waals surface area contributed by atoms with Crippen molar-refractivity contribution >= 4 is 0 Å². The first-order valence-electron chi connectivity index (χ1n) is 6.59. The lowest BCUT2D eigenvalue weighted by Gasteiger charge is -1.91. The average molecular weight is 242 g/mol. The minimum atomic E-state index is 0.947. The van der Waals surface area contributed by atoms with Crippen LogP contribution in [0.25, 0.3) is 0 Å². The first kappa shape index (κ1) is 18.6. The molecule has 0 heteroatoms. The third-order valence-electron chi connectivity index (χ3n) is 1.71. The molecule has 0 saturated carbocycles. The molecule has 0 radical (unpaired) electrons. The normalized spacial score (nSPS) is 10.2. The van der Waals surface area contributed by atoms with Crippen molar-refractivity contribution in [1.29, 1.82) is 0 Å². The van der Waals surface area contributed by atoms with E-state index in [1.807, 2.05) is 70.5 Å². The Morgan fingerprint density at radius 2 is 1.56 bits per heavy atom. The van der Waals surface area contributed by atoms with Gasteiger partial charge in [0.2, 0.25) is 0 Å². The van der Waals surface area contributed by atoms with Crippen LogP contribution in [0.5, 0.6) is 0 Å². The zero-order valence-electron chi connectivity index (χ0n) is 12.4. The molecule has 0 saturated heterocycles. The van der Waals surface area contributed by atoms with Gasteiger partial charge in [0.25, 0.3) is 0 Å². The highest BCUT2D eigenvalue weighted by Crippen LogP contribution is 2.01. The quantitative estimate of drug-likeness (QED) is 0.510. The molecule has 0 heterocycles. The fraction of sp³-hybridized carbons (Fsp3) is 0.278. The van der Waals surface area contributed by atoms with Crippen molar-refractivity contribution in [2.75, 3.05) is 0 Å². The van der Waals surface area contributed by atoms with Gasteiger partial charge in [-0.15, -0.1) is 6.08 Å². The van der Waals surface area contributed by atoms with E-state index in [0.717, 1.165) is 5.57 Å². The summed E-state index contributed by atoms with van der Waals surface area (Å²) in [5, 5.41) is 0. The van der Waals surface area contributed by atoms with Gasteiger partial charge in [0.05, 0.1) is 0 Å². The Labute approximate surface area is 114 Å². The molecule has 0 aliphatic heterocycles.